The Morgan fingerprint density at radius 3 is 2.34 bits per heavy atom. The van der Waals surface area contributed by atoms with Crippen LogP contribution in [-0.4, -0.2) is 17.6 Å². The van der Waals surface area contributed by atoms with Crippen molar-refractivity contribution in [2.75, 3.05) is 11.6 Å². The fraction of sp³-hybridized carbons (Fsp3) is 0.0400. The maximum Gasteiger partial charge on any atom is 0.225 e. The second kappa shape index (κ2) is 7.60. The molecule has 1 aliphatic rings. The average molecular weight is 377 g/mol. The van der Waals surface area contributed by atoms with Crippen LogP contribution in [0, 0.1) is 0 Å². The lowest BCUT2D eigenvalue weighted by atomic mass is 10.1. The molecule has 0 fully saturated rings. The van der Waals surface area contributed by atoms with Gasteiger partial charge in [-0.1, -0.05) is 48.5 Å². The van der Waals surface area contributed by atoms with Crippen molar-refractivity contribution in [1.82, 2.24) is 4.98 Å². The molecule has 0 atom stereocenters. The van der Waals surface area contributed by atoms with E-state index in [0.29, 0.717) is 12.6 Å². The Morgan fingerprint density at radius 2 is 1.55 bits per heavy atom. The Balaban J connectivity index is 1.47. The highest BCUT2D eigenvalue weighted by atomic mass is 16.5. The summed E-state index contributed by atoms with van der Waals surface area (Å²) in [6.45, 7) is 0.424. The third-order valence-corrected chi connectivity index (χ3v) is 4.92. The van der Waals surface area contributed by atoms with E-state index in [1.165, 1.54) is 0 Å². The van der Waals surface area contributed by atoms with Gasteiger partial charge in [0.1, 0.15) is 0 Å². The number of hydrogen-bond acceptors (Lipinski definition) is 4. The van der Waals surface area contributed by atoms with Gasteiger partial charge in [-0.25, -0.2) is 4.99 Å². The van der Waals surface area contributed by atoms with Crippen LogP contribution in [0.25, 0.3) is 11.1 Å². The normalized spacial score (nSPS) is 14.3. The maximum absolute atomic E-state index is 6.06. The molecular formula is C25H19N3O. The zero-order valence-electron chi connectivity index (χ0n) is 15.8. The van der Waals surface area contributed by atoms with Gasteiger partial charge in [-0.05, 0) is 53.6 Å². The zero-order valence-corrected chi connectivity index (χ0v) is 15.8. The molecule has 0 radical (unpaired) electrons. The molecule has 0 saturated carbocycles. The third-order valence-electron chi connectivity index (χ3n) is 4.92. The fourth-order valence-electron chi connectivity index (χ4n) is 3.46. The number of benzene rings is 3. The van der Waals surface area contributed by atoms with Crippen LogP contribution in [-0.2, 0) is 4.74 Å². The smallest absolute Gasteiger partial charge is 0.225 e. The lowest BCUT2D eigenvalue weighted by molar-refractivity contribution is 0.307. The van der Waals surface area contributed by atoms with Gasteiger partial charge < -0.3 is 9.64 Å². The number of ether oxygens (including phenoxy) is 1. The van der Waals surface area contributed by atoms with Crippen LogP contribution in [0.1, 0.15) is 5.56 Å². The minimum absolute atomic E-state index is 0.424. The van der Waals surface area contributed by atoms with Gasteiger partial charge in [0.2, 0.25) is 5.90 Å². The van der Waals surface area contributed by atoms with Crippen LogP contribution < -0.4 is 4.90 Å². The molecule has 2 heterocycles. The van der Waals surface area contributed by atoms with Gasteiger partial charge in [0.25, 0.3) is 0 Å². The summed E-state index contributed by atoms with van der Waals surface area (Å²) < 4.78 is 6.06. The second-order valence-electron chi connectivity index (χ2n) is 6.76. The molecule has 0 saturated heterocycles. The van der Waals surface area contributed by atoms with Gasteiger partial charge in [0, 0.05) is 18.1 Å². The van der Waals surface area contributed by atoms with E-state index in [1.807, 2.05) is 66.9 Å². The highest BCUT2D eigenvalue weighted by molar-refractivity contribution is 6.03. The molecule has 4 heteroatoms. The first-order chi connectivity index (χ1) is 14.4. The second-order valence-corrected chi connectivity index (χ2v) is 6.76. The van der Waals surface area contributed by atoms with Gasteiger partial charge in [-0.2, -0.15) is 0 Å². The molecule has 0 unspecified atom stereocenters. The van der Waals surface area contributed by atoms with E-state index in [1.54, 1.807) is 6.20 Å². The number of hydrogen-bond donors (Lipinski definition) is 0. The van der Waals surface area contributed by atoms with E-state index in [0.717, 1.165) is 33.8 Å². The van der Waals surface area contributed by atoms with Gasteiger partial charge in [-0.15, -0.1) is 0 Å². The molecular weight excluding hydrogens is 358 g/mol. The van der Waals surface area contributed by atoms with Crippen molar-refractivity contribution in [3.05, 3.63) is 109 Å². The number of pyridine rings is 1. The molecule has 4 aromatic rings. The van der Waals surface area contributed by atoms with E-state index < -0.39 is 0 Å². The number of para-hydroxylation sites is 2. The van der Waals surface area contributed by atoms with Crippen LogP contribution >= 0.6 is 0 Å². The van der Waals surface area contributed by atoms with Crippen molar-refractivity contribution in [2.24, 2.45) is 4.99 Å². The SMILES string of the molecule is c1ccc(N2CO/C(=N\c3ccc(-c4cccnc4)cc3)c3ccccc32)cc1. The largest absolute Gasteiger partial charge is 0.455 e. The van der Waals surface area contributed by atoms with Crippen molar-refractivity contribution in [2.45, 2.75) is 0 Å². The van der Waals surface area contributed by atoms with Crippen LogP contribution in [0.15, 0.2) is 108 Å². The quantitative estimate of drug-likeness (QED) is 0.442. The Hall–Kier alpha value is -3.92. The zero-order chi connectivity index (χ0) is 19.5. The minimum Gasteiger partial charge on any atom is -0.455 e. The number of rotatable bonds is 3. The first kappa shape index (κ1) is 17.2. The summed E-state index contributed by atoms with van der Waals surface area (Å²) in [5, 5.41) is 0. The summed E-state index contributed by atoms with van der Waals surface area (Å²) in [7, 11) is 0. The predicted molar refractivity (Wildman–Crippen MR) is 117 cm³/mol. The van der Waals surface area contributed by atoms with Crippen molar-refractivity contribution < 1.29 is 4.74 Å². The predicted octanol–water partition coefficient (Wildman–Crippen LogP) is 5.95. The highest BCUT2D eigenvalue weighted by Crippen LogP contribution is 2.33. The van der Waals surface area contributed by atoms with Gasteiger partial charge in [0.05, 0.1) is 16.9 Å². The summed E-state index contributed by atoms with van der Waals surface area (Å²) in [6.07, 6.45) is 3.64. The number of fused-ring (bicyclic) bond motifs is 1. The number of aromatic nitrogens is 1. The molecule has 5 rings (SSSR count). The summed E-state index contributed by atoms with van der Waals surface area (Å²) in [4.78, 5) is 11.1. The minimum atomic E-state index is 0.424. The first-order valence-corrected chi connectivity index (χ1v) is 9.52. The highest BCUT2D eigenvalue weighted by Gasteiger charge is 2.23. The Kier molecular flexibility index (Phi) is 4.51. The lowest BCUT2D eigenvalue weighted by Gasteiger charge is -2.31. The number of aliphatic imine (C=N–C) groups is 1. The lowest BCUT2D eigenvalue weighted by Crippen LogP contribution is -2.30. The average Bonchev–Trinajstić information content (AvgIpc) is 2.81. The third kappa shape index (κ3) is 3.48. The standard InChI is InChI=1S/C25H19N3O/c1-2-8-22(9-3-1)28-18-29-25(23-10-4-5-11-24(23)28)27-21-14-12-19(13-15-21)20-7-6-16-26-17-20/h1-17H,18H2/b27-25-. The Bertz CT molecular complexity index is 1140. The molecule has 0 spiro atoms. The molecule has 0 amide bonds. The summed E-state index contributed by atoms with van der Waals surface area (Å²) >= 11 is 0. The summed E-state index contributed by atoms with van der Waals surface area (Å²) in [5.41, 5.74) is 6.23. The van der Waals surface area contributed by atoms with E-state index in [2.05, 4.69) is 40.2 Å². The van der Waals surface area contributed by atoms with Gasteiger partial charge in [0.15, 0.2) is 6.73 Å². The molecule has 4 nitrogen and oxygen atoms in total. The number of nitrogens with zero attached hydrogens (tertiary/aromatic N) is 3. The van der Waals surface area contributed by atoms with E-state index in [-0.39, 0.29) is 0 Å². The monoisotopic (exact) mass is 377 g/mol. The van der Waals surface area contributed by atoms with Gasteiger partial charge >= 0.3 is 0 Å². The molecule has 0 aliphatic carbocycles. The maximum atomic E-state index is 6.06. The summed E-state index contributed by atoms with van der Waals surface area (Å²) in [6, 6.07) is 30.6. The van der Waals surface area contributed by atoms with Crippen molar-refractivity contribution in [3.8, 4) is 11.1 Å². The Labute approximate surface area is 169 Å². The molecule has 140 valence electrons. The molecule has 0 bridgehead atoms. The van der Waals surface area contributed by atoms with Crippen molar-refractivity contribution in [1.29, 1.82) is 0 Å². The fourth-order valence-corrected chi connectivity index (χ4v) is 3.46. The molecule has 0 N–H and O–H groups in total. The van der Waals surface area contributed by atoms with Crippen molar-refractivity contribution >= 4 is 23.0 Å². The van der Waals surface area contributed by atoms with Gasteiger partial charge in [-0.3, -0.25) is 4.98 Å². The van der Waals surface area contributed by atoms with E-state index in [4.69, 9.17) is 9.73 Å². The molecule has 29 heavy (non-hydrogen) atoms. The van der Waals surface area contributed by atoms with Crippen LogP contribution in [0.2, 0.25) is 0 Å². The Morgan fingerprint density at radius 1 is 0.759 bits per heavy atom. The summed E-state index contributed by atoms with van der Waals surface area (Å²) in [5.74, 6) is 0.641. The molecule has 1 aromatic heterocycles. The van der Waals surface area contributed by atoms with Crippen LogP contribution in [0.5, 0.6) is 0 Å². The van der Waals surface area contributed by atoms with E-state index in [9.17, 15) is 0 Å². The van der Waals surface area contributed by atoms with Crippen LogP contribution in [0.3, 0.4) is 0 Å². The number of anilines is 2. The molecule has 3 aromatic carbocycles. The first-order valence-electron chi connectivity index (χ1n) is 9.52. The topological polar surface area (TPSA) is 37.7 Å². The van der Waals surface area contributed by atoms with Crippen LogP contribution in [0.4, 0.5) is 17.1 Å². The molecule has 1 aliphatic heterocycles. The van der Waals surface area contributed by atoms with E-state index >= 15 is 0 Å². The van der Waals surface area contributed by atoms with Crippen molar-refractivity contribution in [3.63, 3.8) is 0 Å².